The third-order valence-corrected chi connectivity index (χ3v) is 11.5. The average Bonchev–Trinajstić information content (AvgIpc) is 2.92. The molecular weight excluding hydrogens is 622 g/mol. The first-order valence-corrected chi connectivity index (χ1v) is 18.2. The minimum absolute atomic E-state index is 0.0557. The summed E-state index contributed by atoms with van der Waals surface area (Å²) in [5.41, 5.74) is 0.345. The summed E-state index contributed by atoms with van der Waals surface area (Å²) < 4.78 is 107. The van der Waals surface area contributed by atoms with Gasteiger partial charge in [0.2, 0.25) is 21.9 Å². The van der Waals surface area contributed by atoms with Gasteiger partial charge >= 0.3 is 0 Å². The number of hydrogen-bond acceptors (Lipinski definition) is 6. The Morgan fingerprint density at radius 3 is 2.07 bits per heavy atom. The van der Waals surface area contributed by atoms with Gasteiger partial charge in [0.15, 0.2) is 9.84 Å². The number of piperidine rings is 1. The molecule has 0 bridgehead atoms. The van der Waals surface area contributed by atoms with Crippen LogP contribution in [-0.2, 0) is 24.7 Å². The molecule has 1 aliphatic carbocycles. The van der Waals surface area contributed by atoms with E-state index in [1.54, 1.807) is 0 Å². The quantitative estimate of drug-likeness (QED) is 0.321. The van der Waals surface area contributed by atoms with Crippen LogP contribution in [0.25, 0.3) is 0 Å². The molecule has 4 rings (SSSR count). The minimum Gasteiger partial charge on any atom is -0.326 e. The molecule has 2 aromatic rings. The number of likely N-dealkylation sites (tertiary alicyclic amines) is 1. The van der Waals surface area contributed by atoms with Gasteiger partial charge in [0.25, 0.3) is 0 Å². The Kier molecular flexibility index (Phi) is 10.7. The van der Waals surface area contributed by atoms with Gasteiger partial charge in [0.05, 0.1) is 16.3 Å². The topological polar surface area (TPSA) is 104 Å². The van der Waals surface area contributed by atoms with Crippen molar-refractivity contribution in [2.75, 3.05) is 41.3 Å². The van der Waals surface area contributed by atoms with Crippen LogP contribution < -0.4 is 9.62 Å². The molecule has 0 radical (unpaired) electrons. The smallest absolute Gasteiger partial charge is 0.248 e. The lowest BCUT2D eigenvalue weighted by atomic mass is 9.88. The van der Waals surface area contributed by atoms with E-state index in [1.165, 1.54) is 24.3 Å². The highest BCUT2D eigenvalue weighted by atomic mass is 32.2. The molecule has 0 unspecified atom stereocenters. The minimum atomic E-state index is -4.10. The van der Waals surface area contributed by atoms with Gasteiger partial charge in [-0.15, -0.1) is 0 Å². The summed E-state index contributed by atoms with van der Waals surface area (Å²) in [6.45, 7) is 2.89. The molecule has 1 atom stereocenters. The van der Waals surface area contributed by atoms with Crippen molar-refractivity contribution in [2.45, 2.75) is 68.7 Å². The summed E-state index contributed by atoms with van der Waals surface area (Å²) >= 11 is 0. The van der Waals surface area contributed by atoms with Crippen LogP contribution in [0.5, 0.6) is 0 Å². The number of sulfonamides is 1. The Morgan fingerprint density at radius 2 is 1.52 bits per heavy atom. The molecule has 1 heterocycles. The number of benzene rings is 2. The van der Waals surface area contributed by atoms with E-state index >= 15 is 0 Å². The molecule has 0 spiro atoms. The standard InChI is InChI=1S/C30H39F4N3O5S2/c1-21(36-13-9-22(10-14-36)15-29(38)35-26-3-5-28(6-4-26)43(2,39)40)19-37(27-17-24(31)16-25(32)18-27)44(41,42)20-23-7-11-30(33,34)12-8-23/h3-6,16-18,21-23H,7-15,19-20H2,1-2H3,(H,35,38)/t21-/m1/s1. The van der Waals surface area contributed by atoms with E-state index in [9.17, 15) is 39.2 Å². The number of anilines is 2. The summed E-state index contributed by atoms with van der Waals surface area (Å²) in [5, 5.41) is 2.79. The zero-order chi connectivity index (χ0) is 32.3. The molecule has 14 heteroatoms. The summed E-state index contributed by atoms with van der Waals surface area (Å²) in [6.07, 6.45) is 2.04. The number of alkyl halides is 2. The van der Waals surface area contributed by atoms with Crippen LogP contribution in [0.2, 0.25) is 0 Å². The SMILES string of the molecule is C[C@H](CN(c1cc(F)cc(F)c1)S(=O)(=O)CC1CCC(F)(F)CC1)N1CCC(CC(=O)Nc2ccc(S(C)(=O)=O)cc2)CC1. The van der Waals surface area contributed by atoms with E-state index < -0.39 is 43.3 Å². The molecule has 1 saturated heterocycles. The summed E-state index contributed by atoms with van der Waals surface area (Å²) in [6, 6.07) is 8.17. The second-order valence-electron chi connectivity index (χ2n) is 12.1. The number of hydrogen-bond donors (Lipinski definition) is 1. The van der Waals surface area contributed by atoms with Gasteiger partial charge in [-0.2, -0.15) is 0 Å². The van der Waals surface area contributed by atoms with Gasteiger partial charge in [-0.3, -0.25) is 14.0 Å². The zero-order valence-corrected chi connectivity index (χ0v) is 26.4. The van der Waals surface area contributed by atoms with Gasteiger partial charge in [-0.25, -0.2) is 34.4 Å². The molecule has 8 nitrogen and oxygen atoms in total. The first-order valence-electron chi connectivity index (χ1n) is 14.7. The lowest BCUT2D eigenvalue weighted by molar-refractivity contribution is -0.117. The van der Waals surface area contributed by atoms with Crippen molar-refractivity contribution >= 4 is 37.1 Å². The lowest BCUT2D eigenvalue weighted by Gasteiger charge is -2.38. The number of carbonyl (C=O) groups is 1. The van der Waals surface area contributed by atoms with Crippen LogP contribution in [0.15, 0.2) is 47.4 Å². The predicted molar refractivity (Wildman–Crippen MR) is 161 cm³/mol. The summed E-state index contributed by atoms with van der Waals surface area (Å²) in [5.74, 6) is -5.63. The van der Waals surface area contributed by atoms with E-state index in [2.05, 4.69) is 10.2 Å². The van der Waals surface area contributed by atoms with Crippen molar-refractivity contribution in [3.63, 3.8) is 0 Å². The second-order valence-corrected chi connectivity index (χ2v) is 16.1. The van der Waals surface area contributed by atoms with Crippen LogP contribution in [0.4, 0.5) is 28.9 Å². The van der Waals surface area contributed by atoms with E-state index in [-0.39, 0.29) is 72.9 Å². The van der Waals surface area contributed by atoms with Crippen molar-refractivity contribution < 1.29 is 39.2 Å². The van der Waals surface area contributed by atoms with Gasteiger partial charge in [0, 0.05) is 49.9 Å². The Morgan fingerprint density at radius 1 is 0.955 bits per heavy atom. The van der Waals surface area contributed by atoms with Crippen LogP contribution in [0.1, 0.15) is 51.9 Å². The normalized spacial score (nSPS) is 19.4. The largest absolute Gasteiger partial charge is 0.326 e. The number of amides is 1. The number of carbonyl (C=O) groups excluding carboxylic acids is 1. The van der Waals surface area contributed by atoms with Gasteiger partial charge in [0.1, 0.15) is 11.6 Å². The van der Waals surface area contributed by atoms with Crippen molar-refractivity contribution in [3.8, 4) is 0 Å². The van der Waals surface area contributed by atoms with Crippen molar-refractivity contribution in [1.82, 2.24) is 4.90 Å². The fourth-order valence-electron chi connectivity index (χ4n) is 5.93. The molecule has 244 valence electrons. The maximum atomic E-state index is 14.2. The third-order valence-electron chi connectivity index (χ3n) is 8.50. The lowest BCUT2D eigenvalue weighted by Crippen LogP contribution is -2.48. The van der Waals surface area contributed by atoms with E-state index in [0.717, 1.165) is 22.7 Å². The Labute approximate surface area is 256 Å². The van der Waals surface area contributed by atoms with Crippen molar-refractivity contribution in [3.05, 3.63) is 54.1 Å². The summed E-state index contributed by atoms with van der Waals surface area (Å²) in [7, 11) is -7.45. The zero-order valence-electron chi connectivity index (χ0n) is 24.8. The number of sulfone groups is 1. The Balaban J connectivity index is 1.36. The highest BCUT2D eigenvalue weighted by Gasteiger charge is 2.38. The van der Waals surface area contributed by atoms with Crippen LogP contribution in [-0.4, -0.2) is 71.2 Å². The maximum Gasteiger partial charge on any atom is 0.248 e. The average molecular weight is 662 g/mol. The number of nitrogens with one attached hydrogen (secondary N) is 1. The van der Waals surface area contributed by atoms with Gasteiger partial charge in [-0.05, 0) is 93.9 Å². The molecule has 2 aliphatic rings. The molecule has 0 aromatic heterocycles. The predicted octanol–water partition coefficient (Wildman–Crippen LogP) is 5.46. The highest BCUT2D eigenvalue weighted by Crippen LogP contribution is 2.37. The molecule has 1 N–H and O–H groups in total. The third kappa shape index (κ3) is 9.40. The van der Waals surface area contributed by atoms with Crippen LogP contribution in [0, 0.1) is 23.5 Å². The van der Waals surface area contributed by atoms with E-state index in [1.807, 2.05) is 6.92 Å². The van der Waals surface area contributed by atoms with Crippen molar-refractivity contribution in [1.29, 1.82) is 0 Å². The molecule has 2 aromatic carbocycles. The fourth-order valence-corrected chi connectivity index (χ4v) is 8.54. The highest BCUT2D eigenvalue weighted by molar-refractivity contribution is 7.92. The first kappa shape index (κ1) is 34.2. The molecular formula is C30H39F4N3O5S2. The maximum absolute atomic E-state index is 14.2. The second kappa shape index (κ2) is 13.7. The number of nitrogens with zero attached hydrogens (tertiary/aromatic N) is 2. The van der Waals surface area contributed by atoms with E-state index in [0.29, 0.717) is 37.7 Å². The Hall–Kier alpha value is -2.71. The van der Waals surface area contributed by atoms with Crippen LogP contribution >= 0.6 is 0 Å². The van der Waals surface area contributed by atoms with Gasteiger partial charge < -0.3 is 5.32 Å². The molecule has 1 amide bonds. The van der Waals surface area contributed by atoms with Gasteiger partial charge in [-0.1, -0.05) is 0 Å². The molecule has 1 aliphatic heterocycles. The first-order chi connectivity index (χ1) is 20.5. The van der Waals surface area contributed by atoms with Crippen molar-refractivity contribution in [2.24, 2.45) is 11.8 Å². The Bertz CT molecular complexity index is 1500. The fraction of sp³-hybridized carbons (Fsp3) is 0.567. The summed E-state index contributed by atoms with van der Waals surface area (Å²) in [4.78, 5) is 14.8. The van der Waals surface area contributed by atoms with Crippen LogP contribution in [0.3, 0.4) is 0 Å². The monoisotopic (exact) mass is 661 g/mol. The molecule has 2 fully saturated rings. The molecule has 44 heavy (non-hydrogen) atoms. The molecule has 1 saturated carbocycles. The van der Waals surface area contributed by atoms with E-state index in [4.69, 9.17) is 0 Å². The number of rotatable bonds is 11. The number of halogens is 4.